The number of ketones is 1. The zero-order chi connectivity index (χ0) is 17.4. The normalized spacial score (nSPS) is 10.6. The van der Waals surface area contributed by atoms with Crippen molar-refractivity contribution in [1.29, 1.82) is 0 Å². The van der Waals surface area contributed by atoms with E-state index in [0.717, 1.165) is 17.1 Å². The highest BCUT2D eigenvalue weighted by Crippen LogP contribution is 2.26. The summed E-state index contributed by atoms with van der Waals surface area (Å²) in [4.78, 5) is 12.3. The number of benzene rings is 2. The van der Waals surface area contributed by atoms with Crippen LogP contribution in [0.5, 0.6) is 17.2 Å². The molecule has 0 radical (unpaired) electrons. The summed E-state index contributed by atoms with van der Waals surface area (Å²) in [7, 11) is 1.60. The quantitative estimate of drug-likeness (QED) is 0.533. The van der Waals surface area contributed by atoms with Crippen LogP contribution in [0, 0.1) is 0 Å². The maximum absolute atomic E-state index is 12.3. The number of carbonyl (C=O) groups excluding carboxylic acids is 1. The maximum atomic E-state index is 12.3. The third-order valence-electron chi connectivity index (χ3n) is 3.38. The first-order valence-corrected chi connectivity index (χ1v) is 7.94. The van der Waals surface area contributed by atoms with Crippen molar-refractivity contribution in [3.05, 3.63) is 59.7 Å². The van der Waals surface area contributed by atoms with E-state index in [9.17, 15) is 4.79 Å². The number of allylic oxidation sites excluding steroid dienone is 1. The van der Waals surface area contributed by atoms with E-state index in [1.807, 2.05) is 32.0 Å². The molecule has 0 aliphatic heterocycles. The Kier molecular flexibility index (Phi) is 6.43. The van der Waals surface area contributed by atoms with Gasteiger partial charge in [0.1, 0.15) is 17.2 Å². The molecule has 0 N–H and O–H groups in total. The van der Waals surface area contributed by atoms with Gasteiger partial charge in [0.15, 0.2) is 5.78 Å². The van der Waals surface area contributed by atoms with Crippen LogP contribution >= 0.6 is 0 Å². The summed E-state index contributed by atoms with van der Waals surface area (Å²) in [6.07, 6.45) is 3.30. The lowest BCUT2D eigenvalue weighted by Crippen LogP contribution is -1.98. The topological polar surface area (TPSA) is 44.8 Å². The number of rotatable bonds is 8. The van der Waals surface area contributed by atoms with Gasteiger partial charge in [-0.05, 0) is 62.4 Å². The van der Waals surface area contributed by atoms with Gasteiger partial charge >= 0.3 is 0 Å². The molecule has 4 nitrogen and oxygen atoms in total. The summed E-state index contributed by atoms with van der Waals surface area (Å²) in [5.74, 6) is 2.09. The molecule has 0 aromatic heterocycles. The lowest BCUT2D eigenvalue weighted by atomic mass is 10.1. The molecule has 0 atom stereocenters. The first-order valence-electron chi connectivity index (χ1n) is 7.94. The van der Waals surface area contributed by atoms with Crippen molar-refractivity contribution in [2.75, 3.05) is 20.3 Å². The number of carbonyl (C=O) groups is 1. The Hall–Kier alpha value is -2.75. The molecule has 0 unspecified atom stereocenters. The van der Waals surface area contributed by atoms with Crippen LogP contribution in [0.3, 0.4) is 0 Å². The van der Waals surface area contributed by atoms with Crippen LogP contribution in [0.25, 0.3) is 6.08 Å². The summed E-state index contributed by atoms with van der Waals surface area (Å²) in [6, 6.07) is 12.6. The average Bonchev–Trinajstić information content (AvgIpc) is 2.61. The standard InChI is InChI=1S/C20H22O4/c1-4-23-18-12-8-16(20(14-18)24-5-2)9-13-19(21)15-6-10-17(22-3)11-7-15/h6-14H,4-5H2,1-3H3/b13-9+. The Morgan fingerprint density at radius 1 is 0.958 bits per heavy atom. The van der Waals surface area contributed by atoms with Gasteiger partial charge in [-0.3, -0.25) is 4.79 Å². The van der Waals surface area contributed by atoms with Gasteiger partial charge in [-0.15, -0.1) is 0 Å². The van der Waals surface area contributed by atoms with E-state index in [0.29, 0.717) is 24.5 Å². The van der Waals surface area contributed by atoms with Crippen molar-refractivity contribution in [2.24, 2.45) is 0 Å². The van der Waals surface area contributed by atoms with Crippen LogP contribution in [-0.2, 0) is 0 Å². The van der Waals surface area contributed by atoms with Crippen molar-refractivity contribution < 1.29 is 19.0 Å². The largest absolute Gasteiger partial charge is 0.497 e. The lowest BCUT2D eigenvalue weighted by Gasteiger charge is -2.10. The van der Waals surface area contributed by atoms with Crippen LogP contribution in [0.4, 0.5) is 0 Å². The molecule has 4 heteroatoms. The van der Waals surface area contributed by atoms with Crippen molar-refractivity contribution in [3.8, 4) is 17.2 Å². The molecule has 0 amide bonds. The van der Waals surface area contributed by atoms with Crippen molar-refractivity contribution >= 4 is 11.9 Å². The Morgan fingerprint density at radius 2 is 1.62 bits per heavy atom. The summed E-state index contributed by atoms with van der Waals surface area (Å²) < 4.78 is 16.2. The van der Waals surface area contributed by atoms with E-state index in [1.54, 1.807) is 43.5 Å². The zero-order valence-corrected chi connectivity index (χ0v) is 14.2. The number of methoxy groups -OCH3 is 1. The molecule has 0 spiro atoms. The Morgan fingerprint density at radius 3 is 2.25 bits per heavy atom. The zero-order valence-electron chi connectivity index (χ0n) is 14.2. The highest BCUT2D eigenvalue weighted by atomic mass is 16.5. The molecule has 0 heterocycles. The molecule has 0 bridgehead atoms. The fourth-order valence-electron chi connectivity index (χ4n) is 2.21. The van der Waals surface area contributed by atoms with Crippen LogP contribution in [-0.4, -0.2) is 26.1 Å². The fourth-order valence-corrected chi connectivity index (χ4v) is 2.21. The van der Waals surface area contributed by atoms with Crippen LogP contribution < -0.4 is 14.2 Å². The van der Waals surface area contributed by atoms with Crippen molar-refractivity contribution in [2.45, 2.75) is 13.8 Å². The van der Waals surface area contributed by atoms with E-state index >= 15 is 0 Å². The van der Waals surface area contributed by atoms with Gasteiger partial charge in [-0.2, -0.15) is 0 Å². The van der Waals surface area contributed by atoms with Gasteiger partial charge in [0.05, 0.1) is 20.3 Å². The average molecular weight is 326 g/mol. The van der Waals surface area contributed by atoms with Crippen LogP contribution in [0.2, 0.25) is 0 Å². The van der Waals surface area contributed by atoms with E-state index < -0.39 is 0 Å². The smallest absolute Gasteiger partial charge is 0.185 e. The molecule has 126 valence electrons. The monoisotopic (exact) mass is 326 g/mol. The van der Waals surface area contributed by atoms with E-state index in [4.69, 9.17) is 14.2 Å². The first kappa shape index (κ1) is 17.6. The molecular weight excluding hydrogens is 304 g/mol. The molecule has 0 fully saturated rings. The molecular formula is C20H22O4. The van der Waals surface area contributed by atoms with Crippen LogP contribution in [0.15, 0.2) is 48.5 Å². The Labute approximate surface area is 142 Å². The summed E-state index contributed by atoms with van der Waals surface area (Å²) >= 11 is 0. The lowest BCUT2D eigenvalue weighted by molar-refractivity contribution is 0.104. The highest BCUT2D eigenvalue weighted by molar-refractivity contribution is 6.07. The SMILES string of the molecule is CCOc1ccc(/C=C/C(=O)c2ccc(OC)cc2)c(OCC)c1. The molecule has 0 aliphatic carbocycles. The number of ether oxygens (including phenoxy) is 3. The second-order valence-corrected chi connectivity index (χ2v) is 4.99. The molecule has 0 saturated carbocycles. The fraction of sp³-hybridized carbons (Fsp3) is 0.250. The van der Waals surface area contributed by atoms with Crippen molar-refractivity contribution in [3.63, 3.8) is 0 Å². The molecule has 0 aliphatic rings. The number of hydrogen-bond donors (Lipinski definition) is 0. The van der Waals surface area contributed by atoms with E-state index in [2.05, 4.69) is 0 Å². The molecule has 2 aromatic carbocycles. The van der Waals surface area contributed by atoms with Gasteiger partial charge in [0.2, 0.25) is 0 Å². The second-order valence-electron chi connectivity index (χ2n) is 4.99. The van der Waals surface area contributed by atoms with Crippen LogP contribution in [0.1, 0.15) is 29.8 Å². The van der Waals surface area contributed by atoms with Gasteiger partial charge in [-0.25, -0.2) is 0 Å². The van der Waals surface area contributed by atoms with Gasteiger partial charge < -0.3 is 14.2 Å². The third-order valence-corrected chi connectivity index (χ3v) is 3.38. The minimum absolute atomic E-state index is 0.0750. The van der Waals surface area contributed by atoms with Gasteiger partial charge in [0, 0.05) is 17.2 Å². The Balaban J connectivity index is 2.18. The predicted molar refractivity (Wildman–Crippen MR) is 95.1 cm³/mol. The molecule has 0 saturated heterocycles. The number of hydrogen-bond acceptors (Lipinski definition) is 4. The molecule has 2 rings (SSSR count). The van der Waals surface area contributed by atoms with Gasteiger partial charge in [0.25, 0.3) is 0 Å². The minimum Gasteiger partial charge on any atom is -0.497 e. The minimum atomic E-state index is -0.0750. The first-order chi connectivity index (χ1) is 11.7. The second kappa shape index (κ2) is 8.77. The third kappa shape index (κ3) is 4.62. The Bertz CT molecular complexity index is 702. The van der Waals surface area contributed by atoms with E-state index in [1.165, 1.54) is 0 Å². The van der Waals surface area contributed by atoms with Gasteiger partial charge in [-0.1, -0.05) is 0 Å². The maximum Gasteiger partial charge on any atom is 0.185 e. The van der Waals surface area contributed by atoms with Crippen molar-refractivity contribution in [1.82, 2.24) is 0 Å². The van der Waals surface area contributed by atoms with E-state index in [-0.39, 0.29) is 5.78 Å². The molecule has 24 heavy (non-hydrogen) atoms. The summed E-state index contributed by atoms with van der Waals surface area (Å²) in [5.41, 5.74) is 1.44. The summed E-state index contributed by atoms with van der Waals surface area (Å²) in [6.45, 7) is 4.99. The highest BCUT2D eigenvalue weighted by Gasteiger charge is 2.06. The summed E-state index contributed by atoms with van der Waals surface area (Å²) in [5, 5.41) is 0. The predicted octanol–water partition coefficient (Wildman–Crippen LogP) is 4.39. The molecule has 2 aromatic rings.